The Hall–Kier alpha value is -1.17. The van der Waals surface area contributed by atoms with Crippen molar-refractivity contribution in [3.8, 4) is 0 Å². The number of thiophene rings is 1. The topological polar surface area (TPSA) is 55.3 Å². The average molecular weight is 265 g/mol. The molecule has 0 bridgehead atoms. The first-order valence-electron chi connectivity index (χ1n) is 6.06. The molecule has 0 radical (unpaired) electrons. The highest BCUT2D eigenvalue weighted by atomic mass is 32.1. The van der Waals surface area contributed by atoms with Crippen molar-refractivity contribution >= 4 is 11.3 Å². The van der Waals surface area contributed by atoms with Crippen LogP contribution in [0.15, 0.2) is 28.1 Å². The van der Waals surface area contributed by atoms with Crippen LogP contribution in [-0.4, -0.2) is 23.1 Å². The number of likely N-dealkylation sites (N-methyl/N-ethyl adjacent to an activating group) is 1. The molecule has 0 aliphatic rings. The summed E-state index contributed by atoms with van der Waals surface area (Å²) in [5.41, 5.74) is 6.32. The van der Waals surface area contributed by atoms with Crippen LogP contribution < -0.4 is 5.73 Å². The standard InChI is InChI=1S/C13H19N3OS/c1-10(6-13-4-3-5-18-13)16(2)9-12-7-11(8-14)15-17-12/h3-5,7,10H,6,8-9,14H2,1-2H3. The summed E-state index contributed by atoms with van der Waals surface area (Å²) < 4.78 is 5.24. The molecule has 0 saturated carbocycles. The molecule has 2 heterocycles. The van der Waals surface area contributed by atoms with E-state index in [1.54, 1.807) is 11.3 Å². The monoisotopic (exact) mass is 265 g/mol. The van der Waals surface area contributed by atoms with Crippen molar-refractivity contribution in [2.24, 2.45) is 5.73 Å². The van der Waals surface area contributed by atoms with E-state index in [-0.39, 0.29) is 0 Å². The van der Waals surface area contributed by atoms with Crippen LogP contribution in [0.3, 0.4) is 0 Å². The van der Waals surface area contributed by atoms with Gasteiger partial charge < -0.3 is 10.3 Å². The van der Waals surface area contributed by atoms with Crippen molar-refractivity contribution in [1.82, 2.24) is 10.1 Å². The molecule has 2 N–H and O–H groups in total. The average Bonchev–Trinajstić information content (AvgIpc) is 3.00. The van der Waals surface area contributed by atoms with Crippen LogP contribution in [0.1, 0.15) is 23.3 Å². The van der Waals surface area contributed by atoms with Gasteiger partial charge in [0.2, 0.25) is 0 Å². The first-order chi connectivity index (χ1) is 8.69. The molecule has 5 heteroatoms. The number of aromatic nitrogens is 1. The van der Waals surface area contributed by atoms with Gasteiger partial charge in [0.15, 0.2) is 5.76 Å². The summed E-state index contributed by atoms with van der Waals surface area (Å²) in [4.78, 5) is 3.68. The van der Waals surface area contributed by atoms with Crippen molar-refractivity contribution in [2.45, 2.75) is 32.5 Å². The zero-order valence-corrected chi connectivity index (χ0v) is 11.6. The van der Waals surface area contributed by atoms with Gasteiger partial charge in [0, 0.05) is 23.5 Å². The number of hydrogen-bond acceptors (Lipinski definition) is 5. The first-order valence-corrected chi connectivity index (χ1v) is 6.94. The lowest BCUT2D eigenvalue weighted by molar-refractivity contribution is 0.218. The van der Waals surface area contributed by atoms with E-state index in [4.69, 9.17) is 10.3 Å². The van der Waals surface area contributed by atoms with E-state index in [1.807, 2.05) is 6.07 Å². The zero-order chi connectivity index (χ0) is 13.0. The van der Waals surface area contributed by atoms with Gasteiger partial charge >= 0.3 is 0 Å². The van der Waals surface area contributed by atoms with E-state index < -0.39 is 0 Å². The van der Waals surface area contributed by atoms with Crippen LogP contribution in [0.4, 0.5) is 0 Å². The molecular weight excluding hydrogens is 246 g/mol. The van der Waals surface area contributed by atoms with E-state index in [9.17, 15) is 0 Å². The molecule has 0 fully saturated rings. The lowest BCUT2D eigenvalue weighted by atomic mass is 10.2. The molecule has 0 amide bonds. The van der Waals surface area contributed by atoms with E-state index in [0.29, 0.717) is 12.6 Å². The summed E-state index contributed by atoms with van der Waals surface area (Å²) in [5.74, 6) is 0.871. The predicted octanol–water partition coefficient (Wildman–Crippen LogP) is 2.26. The third kappa shape index (κ3) is 3.41. The van der Waals surface area contributed by atoms with Crippen molar-refractivity contribution in [2.75, 3.05) is 7.05 Å². The maximum atomic E-state index is 5.51. The summed E-state index contributed by atoms with van der Waals surface area (Å²) >= 11 is 1.80. The fraction of sp³-hybridized carbons (Fsp3) is 0.462. The zero-order valence-electron chi connectivity index (χ0n) is 10.8. The Morgan fingerprint density at radius 1 is 1.56 bits per heavy atom. The van der Waals surface area contributed by atoms with Crippen LogP contribution in [0.2, 0.25) is 0 Å². The van der Waals surface area contributed by atoms with Crippen molar-refractivity contribution in [1.29, 1.82) is 0 Å². The van der Waals surface area contributed by atoms with Gasteiger partial charge in [-0.2, -0.15) is 0 Å². The van der Waals surface area contributed by atoms with Gasteiger partial charge in [0.05, 0.1) is 12.2 Å². The third-order valence-corrected chi connectivity index (χ3v) is 3.95. The maximum Gasteiger partial charge on any atom is 0.151 e. The highest BCUT2D eigenvalue weighted by Gasteiger charge is 2.13. The van der Waals surface area contributed by atoms with Gasteiger partial charge in [-0.1, -0.05) is 11.2 Å². The molecule has 18 heavy (non-hydrogen) atoms. The maximum absolute atomic E-state index is 5.51. The Morgan fingerprint density at radius 3 is 3.00 bits per heavy atom. The van der Waals surface area contributed by atoms with Crippen molar-refractivity contribution in [3.63, 3.8) is 0 Å². The smallest absolute Gasteiger partial charge is 0.151 e. The summed E-state index contributed by atoms with van der Waals surface area (Å²) in [5, 5.41) is 6.02. The molecule has 2 rings (SSSR count). The van der Waals surface area contributed by atoms with Crippen LogP contribution >= 0.6 is 11.3 Å². The second kappa shape index (κ2) is 6.13. The number of hydrogen-bond donors (Lipinski definition) is 1. The molecule has 0 aliphatic carbocycles. The quantitative estimate of drug-likeness (QED) is 0.870. The number of nitrogens with two attached hydrogens (primary N) is 1. The first kappa shape index (κ1) is 13.3. The Morgan fingerprint density at radius 2 is 2.39 bits per heavy atom. The Balaban J connectivity index is 1.88. The summed E-state index contributed by atoms with van der Waals surface area (Å²) in [7, 11) is 2.10. The Labute approximate surface area is 111 Å². The summed E-state index contributed by atoms with van der Waals surface area (Å²) in [6.45, 7) is 3.41. The SMILES string of the molecule is CC(Cc1cccs1)N(C)Cc1cc(CN)no1. The van der Waals surface area contributed by atoms with Gasteiger partial charge in [-0.05, 0) is 31.8 Å². The van der Waals surface area contributed by atoms with Gasteiger partial charge in [-0.15, -0.1) is 11.3 Å². The fourth-order valence-corrected chi connectivity index (χ4v) is 2.63. The molecule has 1 unspecified atom stereocenters. The highest BCUT2D eigenvalue weighted by molar-refractivity contribution is 7.09. The summed E-state index contributed by atoms with van der Waals surface area (Å²) in [6.07, 6.45) is 1.06. The number of nitrogens with zero attached hydrogens (tertiary/aromatic N) is 2. The predicted molar refractivity (Wildman–Crippen MR) is 73.3 cm³/mol. The highest BCUT2D eigenvalue weighted by Crippen LogP contribution is 2.15. The van der Waals surface area contributed by atoms with Crippen molar-refractivity contribution in [3.05, 3.63) is 39.9 Å². The van der Waals surface area contributed by atoms with Crippen LogP contribution in [0.5, 0.6) is 0 Å². The minimum absolute atomic E-state index is 0.429. The second-order valence-corrected chi connectivity index (χ2v) is 5.57. The van der Waals surface area contributed by atoms with E-state index in [2.05, 4.69) is 41.5 Å². The molecule has 2 aromatic heterocycles. The van der Waals surface area contributed by atoms with Gasteiger partial charge in [-0.3, -0.25) is 4.90 Å². The van der Waals surface area contributed by atoms with Crippen LogP contribution in [-0.2, 0) is 19.5 Å². The molecule has 98 valence electrons. The fourth-order valence-electron chi connectivity index (χ4n) is 1.80. The minimum atomic E-state index is 0.429. The Kier molecular flexibility index (Phi) is 4.52. The summed E-state index contributed by atoms with van der Waals surface area (Å²) in [6, 6.07) is 6.66. The lowest BCUT2D eigenvalue weighted by Gasteiger charge is -2.22. The molecule has 1 atom stereocenters. The normalized spacial score (nSPS) is 13.1. The van der Waals surface area contributed by atoms with E-state index in [1.165, 1.54) is 4.88 Å². The lowest BCUT2D eigenvalue weighted by Crippen LogP contribution is -2.30. The molecule has 0 aromatic carbocycles. The molecule has 4 nitrogen and oxygen atoms in total. The molecule has 2 aromatic rings. The van der Waals surface area contributed by atoms with E-state index >= 15 is 0 Å². The molecule has 0 spiro atoms. The minimum Gasteiger partial charge on any atom is -0.360 e. The largest absolute Gasteiger partial charge is 0.360 e. The number of rotatable bonds is 6. The van der Waals surface area contributed by atoms with Crippen LogP contribution in [0.25, 0.3) is 0 Å². The van der Waals surface area contributed by atoms with Gasteiger partial charge in [-0.25, -0.2) is 0 Å². The molecular formula is C13H19N3OS. The van der Waals surface area contributed by atoms with Gasteiger partial charge in [0.1, 0.15) is 0 Å². The Bertz CT molecular complexity index is 466. The van der Waals surface area contributed by atoms with Crippen LogP contribution in [0, 0.1) is 0 Å². The molecule has 0 saturated heterocycles. The molecule has 0 aliphatic heterocycles. The second-order valence-electron chi connectivity index (χ2n) is 4.54. The van der Waals surface area contributed by atoms with Crippen molar-refractivity contribution < 1.29 is 4.52 Å². The van der Waals surface area contributed by atoms with Gasteiger partial charge in [0.25, 0.3) is 0 Å². The third-order valence-electron chi connectivity index (χ3n) is 3.05. The van der Waals surface area contributed by atoms with E-state index in [0.717, 1.165) is 24.4 Å².